The fourth-order valence-electron chi connectivity index (χ4n) is 7.38. The van der Waals surface area contributed by atoms with E-state index in [-0.39, 0.29) is 5.69 Å². The maximum absolute atomic E-state index is 12.9. The van der Waals surface area contributed by atoms with Crippen LogP contribution in [0.15, 0.2) is 163 Å². The van der Waals surface area contributed by atoms with E-state index in [1.54, 1.807) is 9.13 Å². The first kappa shape index (κ1) is 29.5. The molecule has 9 rings (SSSR count). The summed E-state index contributed by atoms with van der Waals surface area (Å²) in [5.74, 6) is 0.697. The second kappa shape index (κ2) is 11.8. The highest BCUT2D eigenvalue weighted by atomic mass is 16.1. The van der Waals surface area contributed by atoms with Crippen LogP contribution < -0.4 is 5.69 Å². The van der Waals surface area contributed by atoms with E-state index in [2.05, 4.69) is 109 Å². The van der Waals surface area contributed by atoms with Gasteiger partial charge in [-0.2, -0.15) is 0 Å². The van der Waals surface area contributed by atoms with Crippen LogP contribution in [0.3, 0.4) is 0 Å². The van der Waals surface area contributed by atoms with Crippen molar-refractivity contribution in [1.82, 2.24) is 19.1 Å². The quantitative estimate of drug-likeness (QED) is 0.187. The first-order chi connectivity index (χ1) is 24.6. The predicted octanol–water partition coefficient (Wildman–Crippen LogP) is 10.3. The average Bonchev–Trinajstić information content (AvgIpc) is 3.41. The van der Waals surface area contributed by atoms with Crippen LogP contribution in [0.4, 0.5) is 0 Å². The van der Waals surface area contributed by atoms with Crippen molar-refractivity contribution in [2.45, 2.75) is 0 Å². The number of para-hydroxylation sites is 1. The van der Waals surface area contributed by atoms with Crippen molar-refractivity contribution in [3.8, 4) is 56.2 Å². The molecule has 0 fully saturated rings. The number of aromatic nitrogens is 4. The molecular formula is C45H32N4O. The Kier molecular flexibility index (Phi) is 6.99. The third kappa shape index (κ3) is 4.74. The molecule has 0 N–H and O–H groups in total. The van der Waals surface area contributed by atoms with Gasteiger partial charge in [-0.3, -0.25) is 9.13 Å². The van der Waals surface area contributed by atoms with Gasteiger partial charge in [0.05, 0.1) is 22.4 Å². The van der Waals surface area contributed by atoms with Crippen LogP contribution in [-0.4, -0.2) is 19.1 Å². The summed E-state index contributed by atoms with van der Waals surface area (Å²) >= 11 is 0. The molecule has 5 heteroatoms. The number of fused-ring (bicyclic) bond motifs is 3. The second-order valence-corrected chi connectivity index (χ2v) is 12.7. The van der Waals surface area contributed by atoms with Crippen LogP contribution in [0.1, 0.15) is 0 Å². The number of nitrogens with zero attached hydrogens (tertiary/aromatic N) is 4. The minimum atomic E-state index is -0.0320. The lowest BCUT2D eigenvalue weighted by Gasteiger charge is -2.17. The summed E-state index contributed by atoms with van der Waals surface area (Å²) in [6.07, 6.45) is 0. The Hall–Kier alpha value is -6.59. The lowest BCUT2D eigenvalue weighted by molar-refractivity contribution is 0.795. The Morgan fingerprint density at radius 3 is 1.50 bits per heavy atom. The highest BCUT2D eigenvalue weighted by Crippen LogP contribution is 2.42. The monoisotopic (exact) mass is 644 g/mol. The normalized spacial score (nSPS) is 11.5. The summed E-state index contributed by atoms with van der Waals surface area (Å²) in [6, 6.07) is 54.7. The fourth-order valence-corrected chi connectivity index (χ4v) is 7.38. The smallest absolute Gasteiger partial charge is 0.295 e. The van der Waals surface area contributed by atoms with Crippen LogP contribution in [0.25, 0.3) is 88.7 Å². The summed E-state index contributed by atoms with van der Waals surface area (Å²) < 4.78 is 3.46. The highest BCUT2D eigenvalue weighted by molar-refractivity contribution is 6.13. The van der Waals surface area contributed by atoms with Crippen LogP contribution in [-0.2, 0) is 14.1 Å². The molecule has 0 atom stereocenters. The molecule has 0 bridgehead atoms. The van der Waals surface area contributed by atoms with Crippen LogP contribution in [0.2, 0.25) is 0 Å². The third-order valence-electron chi connectivity index (χ3n) is 9.82. The number of benzene rings is 7. The SMILES string of the molecule is Cn1c(=O)n(C)c2c(-c3ccc(-c4ccc(-c5cc(-c6ccccc6)nc(-c6ccccc6)n5)c5ccccc45)c4ccccc34)cccc21. The second-order valence-electron chi connectivity index (χ2n) is 12.7. The zero-order valence-corrected chi connectivity index (χ0v) is 27.7. The van der Waals surface area contributed by atoms with Gasteiger partial charge in [-0.15, -0.1) is 0 Å². The summed E-state index contributed by atoms with van der Waals surface area (Å²) in [5, 5.41) is 4.56. The van der Waals surface area contributed by atoms with E-state index < -0.39 is 0 Å². The molecule has 0 amide bonds. The van der Waals surface area contributed by atoms with Gasteiger partial charge in [0.15, 0.2) is 5.82 Å². The van der Waals surface area contributed by atoms with Gasteiger partial charge in [0.25, 0.3) is 0 Å². The zero-order chi connectivity index (χ0) is 33.8. The molecule has 7 aromatic carbocycles. The molecule has 0 aliphatic heterocycles. The largest absolute Gasteiger partial charge is 0.328 e. The van der Waals surface area contributed by atoms with Crippen molar-refractivity contribution in [3.63, 3.8) is 0 Å². The molecule has 0 aliphatic rings. The lowest BCUT2D eigenvalue weighted by atomic mass is 9.88. The molecule has 0 radical (unpaired) electrons. The van der Waals surface area contributed by atoms with Crippen molar-refractivity contribution in [2.75, 3.05) is 0 Å². The van der Waals surface area contributed by atoms with Gasteiger partial charge in [-0.25, -0.2) is 14.8 Å². The van der Waals surface area contributed by atoms with Crippen LogP contribution in [0.5, 0.6) is 0 Å². The zero-order valence-electron chi connectivity index (χ0n) is 27.7. The van der Waals surface area contributed by atoms with E-state index in [0.29, 0.717) is 5.82 Å². The standard InChI is InChI=1S/C45H32N4O/c1-48-42-23-13-22-39(43(42)49(2)45(48)50)37-25-24-35(31-18-9-10-19-32(31)37)36-26-27-38(34-21-12-11-20-33(34)36)41-28-40(29-14-5-3-6-15-29)46-44(47-41)30-16-7-4-8-17-30/h3-28H,1-2H3. The molecule has 0 aliphatic carbocycles. The molecule has 0 spiro atoms. The first-order valence-corrected chi connectivity index (χ1v) is 16.8. The molecule has 2 aromatic heterocycles. The number of hydrogen-bond acceptors (Lipinski definition) is 3. The lowest BCUT2D eigenvalue weighted by Crippen LogP contribution is -2.19. The maximum atomic E-state index is 12.9. The molecule has 0 saturated heterocycles. The molecule has 0 saturated carbocycles. The summed E-state index contributed by atoms with van der Waals surface area (Å²) in [5.41, 5.74) is 11.1. The third-order valence-corrected chi connectivity index (χ3v) is 9.82. The van der Waals surface area contributed by atoms with Gasteiger partial charge in [0.2, 0.25) is 0 Å². The number of aryl methyl sites for hydroxylation is 2. The summed E-state index contributed by atoms with van der Waals surface area (Å²) in [7, 11) is 3.68. The minimum absolute atomic E-state index is 0.0320. The first-order valence-electron chi connectivity index (χ1n) is 16.8. The van der Waals surface area contributed by atoms with Crippen molar-refractivity contribution in [2.24, 2.45) is 14.1 Å². The molecular weight excluding hydrogens is 613 g/mol. The highest BCUT2D eigenvalue weighted by Gasteiger charge is 2.19. The van der Waals surface area contributed by atoms with Gasteiger partial charge >= 0.3 is 5.69 Å². The fraction of sp³-hybridized carbons (Fsp3) is 0.0444. The van der Waals surface area contributed by atoms with E-state index in [4.69, 9.17) is 9.97 Å². The minimum Gasteiger partial charge on any atom is -0.295 e. The summed E-state index contributed by atoms with van der Waals surface area (Å²) in [6.45, 7) is 0. The molecule has 9 aromatic rings. The van der Waals surface area contributed by atoms with Gasteiger partial charge in [-0.05, 0) is 50.4 Å². The molecule has 238 valence electrons. The Bertz CT molecular complexity index is 2740. The average molecular weight is 645 g/mol. The van der Waals surface area contributed by atoms with E-state index in [1.807, 2.05) is 62.6 Å². The van der Waals surface area contributed by atoms with E-state index in [1.165, 1.54) is 0 Å². The van der Waals surface area contributed by atoms with Gasteiger partial charge in [-0.1, -0.05) is 146 Å². The van der Waals surface area contributed by atoms with Gasteiger partial charge < -0.3 is 0 Å². The van der Waals surface area contributed by atoms with Crippen molar-refractivity contribution in [3.05, 3.63) is 168 Å². The Labute approximate surface area is 289 Å². The van der Waals surface area contributed by atoms with Gasteiger partial charge in [0, 0.05) is 36.3 Å². The number of rotatable bonds is 5. The van der Waals surface area contributed by atoms with Crippen LogP contribution >= 0.6 is 0 Å². The summed E-state index contributed by atoms with van der Waals surface area (Å²) in [4.78, 5) is 23.1. The molecule has 5 nitrogen and oxygen atoms in total. The Balaban J connectivity index is 1.25. The number of hydrogen-bond donors (Lipinski definition) is 0. The molecule has 2 heterocycles. The van der Waals surface area contributed by atoms with E-state index in [9.17, 15) is 4.79 Å². The van der Waals surface area contributed by atoms with Crippen molar-refractivity contribution < 1.29 is 0 Å². The predicted molar refractivity (Wildman–Crippen MR) is 206 cm³/mol. The number of imidazole rings is 1. The topological polar surface area (TPSA) is 52.7 Å². The van der Waals surface area contributed by atoms with Gasteiger partial charge in [0.1, 0.15) is 0 Å². The van der Waals surface area contributed by atoms with Crippen molar-refractivity contribution in [1.29, 1.82) is 0 Å². The Morgan fingerprint density at radius 2 is 0.900 bits per heavy atom. The molecule has 50 heavy (non-hydrogen) atoms. The van der Waals surface area contributed by atoms with Crippen LogP contribution in [0, 0.1) is 0 Å². The molecule has 0 unspecified atom stereocenters. The van der Waals surface area contributed by atoms with E-state index >= 15 is 0 Å². The van der Waals surface area contributed by atoms with Crippen molar-refractivity contribution >= 4 is 32.6 Å². The Morgan fingerprint density at radius 1 is 0.420 bits per heavy atom. The maximum Gasteiger partial charge on any atom is 0.328 e. The van der Waals surface area contributed by atoms with E-state index in [0.717, 1.165) is 82.9 Å².